The lowest BCUT2D eigenvalue weighted by atomic mass is 10.1. The van der Waals surface area contributed by atoms with Crippen molar-refractivity contribution in [2.24, 2.45) is 0 Å². The van der Waals surface area contributed by atoms with E-state index in [0.717, 1.165) is 0 Å². The predicted molar refractivity (Wildman–Crippen MR) is 61.3 cm³/mol. The van der Waals surface area contributed by atoms with Crippen LogP contribution in [0.2, 0.25) is 0 Å². The fourth-order valence-corrected chi connectivity index (χ4v) is 1.37. The zero-order valence-electron chi connectivity index (χ0n) is 9.20. The van der Waals surface area contributed by atoms with Crippen molar-refractivity contribution in [2.75, 3.05) is 18.0 Å². The van der Waals surface area contributed by atoms with Crippen LogP contribution in [-0.4, -0.2) is 18.0 Å². The van der Waals surface area contributed by atoms with E-state index in [1.807, 2.05) is 12.1 Å². The highest BCUT2D eigenvalue weighted by Gasteiger charge is 2.16. The number of anilines is 1. The predicted octanol–water partition coefficient (Wildman–Crippen LogP) is 1.32. The average Bonchev–Trinajstić information content (AvgIpc) is 2.37. The molecule has 0 saturated heterocycles. The molecule has 18 heavy (non-hydrogen) atoms. The summed E-state index contributed by atoms with van der Waals surface area (Å²) < 4.78 is 0. The smallest absolute Gasteiger partial charge is 0.289 e. The highest BCUT2D eigenvalue weighted by molar-refractivity contribution is 5.60. The minimum Gasteiger partial charge on any atom is -0.345 e. The van der Waals surface area contributed by atoms with E-state index in [1.54, 1.807) is 6.07 Å². The first-order chi connectivity index (χ1) is 8.63. The first-order valence-corrected chi connectivity index (χ1v) is 4.81. The first kappa shape index (κ1) is 13.0. The number of nitro groups is 1. The molecule has 0 aliphatic rings. The van der Waals surface area contributed by atoms with Crippen LogP contribution in [0.3, 0.4) is 0 Å². The van der Waals surface area contributed by atoms with E-state index in [0.29, 0.717) is 5.69 Å². The second kappa shape index (κ2) is 5.83. The van der Waals surface area contributed by atoms with E-state index in [9.17, 15) is 10.1 Å². The Morgan fingerprint density at radius 3 is 2.28 bits per heavy atom. The van der Waals surface area contributed by atoms with Gasteiger partial charge in [0.2, 0.25) is 0 Å². The van der Waals surface area contributed by atoms with Gasteiger partial charge in [0.05, 0.1) is 17.1 Å². The first-order valence-electron chi connectivity index (χ1n) is 4.81. The minimum atomic E-state index is -0.668. The summed E-state index contributed by atoms with van der Waals surface area (Å²) in [5.41, 5.74) is -0.0303. The molecule has 0 radical (unpaired) electrons. The summed E-state index contributed by atoms with van der Waals surface area (Å²) in [7, 11) is 0. The van der Waals surface area contributed by atoms with Gasteiger partial charge < -0.3 is 4.90 Å². The van der Waals surface area contributed by atoms with Crippen LogP contribution in [0.15, 0.2) is 18.2 Å². The maximum Gasteiger partial charge on any atom is 0.289 e. The lowest BCUT2D eigenvalue weighted by Crippen LogP contribution is -2.23. The molecule has 0 saturated carbocycles. The Kier molecular flexibility index (Phi) is 4.20. The summed E-state index contributed by atoms with van der Waals surface area (Å²) in [6.45, 7) is -0.118. The summed E-state index contributed by atoms with van der Waals surface area (Å²) in [5.74, 6) is 0. The number of nitrogens with zero attached hydrogens (tertiary/aromatic N) is 5. The van der Waals surface area contributed by atoms with Crippen LogP contribution in [0.4, 0.5) is 11.4 Å². The number of rotatable bonds is 4. The van der Waals surface area contributed by atoms with Gasteiger partial charge in [0.15, 0.2) is 0 Å². The number of hydrogen-bond acceptors (Lipinski definition) is 6. The van der Waals surface area contributed by atoms with Crippen molar-refractivity contribution < 1.29 is 4.92 Å². The molecular weight excluding hydrogens is 234 g/mol. The van der Waals surface area contributed by atoms with Crippen LogP contribution < -0.4 is 4.90 Å². The molecule has 0 heterocycles. The summed E-state index contributed by atoms with van der Waals surface area (Å²) in [6, 6.07) is 9.41. The highest BCUT2D eigenvalue weighted by atomic mass is 16.6. The van der Waals surface area contributed by atoms with Crippen LogP contribution >= 0.6 is 0 Å². The average molecular weight is 241 g/mol. The summed E-state index contributed by atoms with van der Waals surface area (Å²) in [6.07, 6.45) is 0. The SMILES string of the molecule is N#CCN(CC#N)c1ccc(C#N)c([N+](=O)[O-])c1. The topological polar surface area (TPSA) is 118 Å². The van der Waals surface area contributed by atoms with E-state index in [-0.39, 0.29) is 24.3 Å². The Labute approximate surface area is 103 Å². The molecule has 0 N–H and O–H groups in total. The second-order valence-electron chi connectivity index (χ2n) is 3.24. The van der Waals surface area contributed by atoms with Crippen LogP contribution in [0.25, 0.3) is 0 Å². The van der Waals surface area contributed by atoms with Gasteiger partial charge in [-0.25, -0.2) is 0 Å². The third-order valence-corrected chi connectivity index (χ3v) is 2.19. The lowest BCUT2D eigenvalue weighted by molar-refractivity contribution is -0.385. The molecule has 1 aromatic rings. The molecule has 88 valence electrons. The summed E-state index contributed by atoms with van der Waals surface area (Å²) in [4.78, 5) is 11.5. The quantitative estimate of drug-likeness (QED) is 0.445. The van der Waals surface area contributed by atoms with Crippen LogP contribution in [-0.2, 0) is 0 Å². The van der Waals surface area contributed by atoms with Crippen LogP contribution in [0, 0.1) is 44.1 Å². The Balaban J connectivity index is 3.23. The van der Waals surface area contributed by atoms with Crippen molar-refractivity contribution in [3.8, 4) is 18.2 Å². The van der Waals surface area contributed by atoms with Crippen molar-refractivity contribution in [2.45, 2.75) is 0 Å². The minimum absolute atomic E-state index is 0.0578. The molecule has 1 aromatic carbocycles. The summed E-state index contributed by atoms with van der Waals surface area (Å²) >= 11 is 0. The van der Waals surface area contributed by atoms with Gasteiger partial charge in [-0.1, -0.05) is 0 Å². The lowest BCUT2D eigenvalue weighted by Gasteiger charge is -2.17. The Bertz CT molecular complexity index is 575. The van der Waals surface area contributed by atoms with E-state index in [4.69, 9.17) is 15.8 Å². The van der Waals surface area contributed by atoms with Gasteiger partial charge in [-0.05, 0) is 12.1 Å². The number of benzene rings is 1. The molecule has 0 aromatic heterocycles. The van der Waals surface area contributed by atoms with Gasteiger partial charge in [0, 0.05) is 11.8 Å². The highest BCUT2D eigenvalue weighted by Crippen LogP contribution is 2.24. The third kappa shape index (κ3) is 2.72. The fraction of sp³-hybridized carbons (Fsp3) is 0.182. The molecule has 7 nitrogen and oxygen atoms in total. The standard InChI is InChI=1S/C11H7N5O2/c12-3-5-15(6-4-13)10-2-1-9(8-14)11(7-10)16(17)18/h1-2,7H,5-6H2. The van der Waals surface area contributed by atoms with Crippen LogP contribution in [0.5, 0.6) is 0 Å². The Hall–Kier alpha value is -3.11. The molecule has 0 unspecified atom stereocenters. The van der Waals surface area contributed by atoms with Crippen molar-refractivity contribution >= 4 is 11.4 Å². The van der Waals surface area contributed by atoms with Crippen molar-refractivity contribution in [1.82, 2.24) is 0 Å². The molecule has 0 atom stereocenters. The van der Waals surface area contributed by atoms with Gasteiger partial charge in [-0.15, -0.1) is 0 Å². The monoisotopic (exact) mass is 241 g/mol. The van der Waals surface area contributed by atoms with Crippen LogP contribution in [0.1, 0.15) is 5.56 Å². The molecule has 7 heteroatoms. The van der Waals surface area contributed by atoms with Crippen molar-refractivity contribution in [3.63, 3.8) is 0 Å². The van der Waals surface area contributed by atoms with Crippen molar-refractivity contribution in [1.29, 1.82) is 15.8 Å². The van der Waals surface area contributed by atoms with Gasteiger partial charge in [0.25, 0.3) is 5.69 Å². The van der Waals surface area contributed by atoms with Crippen molar-refractivity contribution in [3.05, 3.63) is 33.9 Å². The molecule has 0 fully saturated rings. The molecule has 0 amide bonds. The molecule has 0 aliphatic carbocycles. The molecule has 0 spiro atoms. The van der Waals surface area contributed by atoms with Gasteiger partial charge in [-0.2, -0.15) is 15.8 Å². The Morgan fingerprint density at radius 1 is 1.22 bits per heavy atom. The maximum atomic E-state index is 10.8. The number of nitriles is 3. The largest absolute Gasteiger partial charge is 0.345 e. The van der Waals surface area contributed by atoms with Gasteiger partial charge in [-0.3, -0.25) is 10.1 Å². The zero-order chi connectivity index (χ0) is 13.5. The normalized spacial score (nSPS) is 8.72. The number of hydrogen-bond donors (Lipinski definition) is 0. The van der Waals surface area contributed by atoms with Gasteiger partial charge in [0.1, 0.15) is 24.7 Å². The fourth-order valence-electron chi connectivity index (χ4n) is 1.37. The van der Waals surface area contributed by atoms with Gasteiger partial charge >= 0.3 is 0 Å². The Morgan fingerprint density at radius 2 is 1.83 bits per heavy atom. The summed E-state index contributed by atoms with van der Waals surface area (Å²) in [5, 5.41) is 36.7. The second-order valence-corrected chi connectivity index (χ2v) is 3.24. The zero-order valence-corrected chi connectivity index (χ0v) is 9.20. The molecular formula is C11H7N5O2. The van der Waals surface area contributed by atoms with E-state index >= 15 is 0 Å². The van der Waals surface area contributed by atoms with E-state index < -0.39 is 4.92 Å². The van der Waals surface area contributed by atoms with E-state index in [1.165, 1.54) is 23.1 Å². The third-order valence-electron chi connectivity index (χ3n) is 2.19. The molecule has 0 aliphatic heterocycles. The number of nitro benzene ring substituents is 1. The molecule has 0 bridgehead atoms. The maximum absolute atomic E-state index is 10.8. The van der Waals surface area contributed by atoms with E-state index in [2.05, 4.69) is 0 Å². The molecule has 1 rings (SSSR count).